The third-order valence-corrected chi connectivity index (χ3v) is 3.49. The Bertz CT molecular complexity index is 349. The first-order chi connectivity index (χ1) is 8.73. The molecule has 1 saturated heterocycles. The smallest absolute Gasteiger partial charge is 0.0815 e. The molecule has 18 heavy (non-hydrogen) atoms. The fourth-order valence-corrected chi connectivity index (χ4v) is 2.21. The lowest BCUT2D eigenvalue weighted by Gasteiger charge is -2.33. The zero-order chi connectivity index (χ0) is 12.8. The van der Waals surface area contributed by atoms with E-state index in [1.54, 1.807) is 0 Å². The minimum Gasteiger partial charge on any atom is -0.394 e. The van der Waals surface area contributed by atoms with Gasteiger partial charge in [0.1, 0.15) is 0 Å². The van der Waals surface area contributed by atoms with Gasteiger partial charge in [0.15, 0.2) is 0 Å². The second-order valence-corrected chi connectivity index (χ2v) is 4.86. The van der Waals surface area contributed by atoms with Gasteiger partial charge < -0.3 is 20.3 Å². The van der Waals surface area contributed by atoms with Gasteiger partial charge in [-0.1, -0.05) is 30.3 Å². The number of aliphatic hydroxyl groups is 2. The van der Waals surface area contributed by atoms with Crippen molar-refractivity contribution in [2.45, 2.75) is 24.5 Å². The molecule has 1 aliphatic heterocycles. The van der Waals surface area contributed by atoms with E-state index in [1.807, 2.05) is 30.3 Å². The van der Waals surface area contributed by atoms with Gasteiger partial charge in [-0.15, -0.1) is 0 Å². The summed E-state index contributed by atoms with van der Waals surface area (Å²) in [5.41, 5.74) is 0.330. The molecule has 0 aromatic heterocycles. The molecule has 2 rings (SSSR count). The quantitative estimate of drug-likeness (QED) is 0.726. The first-order valence-corrected chi connectivity index (χ1v) is 6.43. The lowest BCUT2D eigenvalue weighted by Crippen LogP contribution is -2.46. The van der Waals surface area contributed by atoms with Crippen molar-refractivity contribution in [1.82, 2.24) is 5.32 Å². The molecule has 1 aliphatic rings. The monoisotopic (exact) mass is 251 g/mol. The lowest BCUT2D eigenvalue weighted by molar-refractivity contribution is -0.0634. The Morgan fingerprint density at radius 2 is 1.89 bits per heavy atom. The highest BCUT2D eigenvalue weighted by atomic mass is 16.5. The fourth-order valence-electron chi connectivity index (χ4n) is 2.21. The van der Waals surface area contributed by atoms with E-state index in [9.17, 15) is 10.2 Å². The summed E-state index contributed by atoms with van der Waals surface area (Å²) in [6.07, 6.45) is 1.29. The molecule has 0 amide bonds. The maximum absolute atomic E-state index is 10.3. The molecular weight excluding hydrogens is 230 g/mol. The highest BCUT2D eigenvalue weighted by Gasteiger charge is 2.30. The number of hydrogen-bond acceptors (Lipinski definition) is 4. The van der Waals surface area contributed by atoms with Crippen LogP contribution in [0.2, 0.25) is 0 Å². The molecule has 0 unspecified atom stereocenters. The highest BCUT2D eigenvalue weighted by Crippen LogP contribution is 2.21. The van der Waals surface area contributed by atoms with Gasteiger partial charge in [-0.3, -0.25) is 0 Å². The molecule has 100 valence electrons. The Balaban J connectivity index is 1.91. The topological polar surface area (TPSA) is 61.7 Å². The van der Waals surface area contributed by atoms with Crippen LogP contribution >= 0.6 is 0 Å². The molecule has 0 saturated carbocycles. The van der Waals surface area contributed by atoms with Crippen LogP contribution in [0, 0.1) is 0 Å². The normalized spacial score (nSPS) is 20.6. The third kappa shape index (κ3) is 3.53. The molecule has 0 radical (unpaired) electrons. The number of hydrogen-bond donors (Lipinski definition) is 3. The number of rotatable bonds is 5. The number of benzene rings is 1. The van der Waals surface area contributed by atoms with E-state index in [2.05, 4.69) is 5.32 Å². The molecule has 1 fully saturated rings. The number of aliphatic hydroxyl groups excluding tert-OH is 1. The van der Waals surface area contributed by atoms with Crippen molar-refractivity contribution in [3.05, 3.63) is 35.9 Å². The summed E-state index contributed by atoms with van der Waals surface area (Å²) in [7, 11) is 0. The van der Waals surface area contributed by atoms with E-state index in [-0.39, 0.29) is 12.6 Å². The van der Waals surface area contributed by atoms with Gasteiger partial charge in [0.2, 0.25) is 0 Å². The Hall–Kier alpha value is -0.940. The average molecular weight is 251 g/mol. The van der Waals surface area contributed by atoms with Crippen molar-refractivity contribution in [2.24, 2.45) is 0 Å². The molecule has 1 aromatic rings. The largest absolute Gasteiger partial charge is 0.394 e. The molecular formula is C14H21NO3. The highest BCUT2D eigenvalue weighted by molar-refractivity contribution is 5.19. The minimum absolute atomic E-state index is 0.0244. The van der Waals surface area contributed by atoms with E-state index in [0.29, 0.717) is 32.6 Å². The standard InChI is InChI=1S/C14H21NO3/c16-10-13(12-4-2-1-3-5-12)15-11-14(17)6-8-18-9-7-14/h1-5,13,15-17H,6-11H2/t13-/m1/s1. The summed E-state index contributed by atoms with van der Waals surface area (Å²) in [6.45, 7) is 1.72. The van der Waals surface area contributed by atoms with Gasteiger partial charge in [-0.25, -0.2) is 0 Å². The van der Waals surface area contributed by atoms with Crippen LogP contribution in [0.4, 0.5) is 0 Å². The van der Waals surface area contributed by atoms with Gasteiger partial charge in [0.05, 0.1) is 18.2 Å². The van der Waals surface area contributed by atoms with Gasteiger partial charge in [-0.05, 0) is 5.56 Å². The van der Waals surface area contributed by atoms with Crippen molar-refractivity contribution in [3.63, 3.8) is 0 Å². The first kappa shape index (κ1) is 13.5. The average Bonchev–Trinajstić information content (AvgIpc) is 2.41. The Morgan fingerprint density at radius 3 is 2.50 bits per heavy atom. The van der Waals surface area contributed by atoms with Crippen molar-refractivity contribution in [2.75, 3.05) is 26.4 Å². The van der Waals surface area contributed by atoms with Gasteiger partial charge in [0.25, 0.3) is 0 Å². The fraction of sp³-hybridized carbons (Fsp3) is 0.571. The summed E-state index contributed by atoms with van der Waals surface area (Å²) >= 11 is 0. The Morgan fingerprint density at radius 1 is 1.22 bits per heavy atom. The van der Waals surface area contributed by atoms with Crippen molar-refractivity contribution in [3.8, 4) is 0 Å². The van der Waals surface area contributed by atoms with E-state index < -0.39 is 5.60 Å². The molecule has 0 spiro atoms. The molecule has 4 nitrogen and oxygen atoms in total. The molecule has 4 heteroatoms. The van der Waals surface area contributed by atoms with Crippen LogP contribution in [-0.4, -0.2) is 42.2 Å². The molecule has 1 atom stereocenters. The van der Waals surface area contributed by atoms with E-state index >= 15 is 0 Å². The van der Waals surface area contributed by atoms with Crippen LogP contribution in [0.25, 0.3) is 0 Å². The van der Waals surface area contributed by atoms with E-state index in [0.717, 1.165) is 5.56 Å². The third-order valence-electron chi connectivity index (χ3n) is 3.49. The summed E-state index contributed by atoms with van der Waals surface area (Å²) < 4.78 is 5.25. The summed E-state index contributed by atoms with van der Waals surface area (Å²) in [5.74, 6) is 0. The van der Waals surface area contributed by atoms with Crippen LogP contribution in [0.3, 0.4) is 0 Å². The van der Waals surface area contributed by atoms with Crippen LogP contribution < -0.4 is 5.32 Å². The molecule has 1 heterocycles. The molecule has 0 bridgehead atoms. The van der Waals surface area contributed by atoms with Gasteiger partial charge in [0, 0.05) is 32.6 Å². The molecule has 3 N–H and O–H groups in total. The maximum atomic E-state index is 10.3. The summed E-state index contributed by atoms with van der Waals surface area (Å²) in [5, 5.41) is 23.0. The van der Waals surface area contributed by atoms with E-state index in [4.69, 9.17) is 4.74 Å². The van der Waals surface area contributed by atoms with Gasteiger partial charge in [-0.2, -0.15) is 0 Å². The van der Waals surface area contributed by atoms with Crippen LogP contribution in [-0.2, 0) is 4.74 Å². The van der Waals surface area contributed by atoms with Crippen molar-refractivity contribution >= 4 is 0 Å². The van der Waals surface area contributed by atoms with E-state index in [1.165, 1.54) is 0 Å². The minimum atomic E-state index is -0.708. The van der Waals surface area contributed by atoms with Crippen molar-refractivity contribution in [1.29, 1.82) is 0 Å². The SMILES string of the molecule is OC[C@@H](NCC1(O)CCOCC1)c1ccccc1. The summed E-state index contributed by atoms with van der Waals surface area (Å²) in [6, 6.07) is 9.66. The number of nitrogens with one attached hydrogen (secondary N) is 1. The van der Waals surface area contributed by atoms with Crippen molar-refractivity contribution < 1.29 is 14.9 Å². The molecule has 0 aliphatic carbocycles. The Kier molecular flexibility index (Phi) is 4.72. The maximum Gasteiger partial charge on any atom is 0.0815 e. The lowest BCUT2D eigenvalue weighted by atomic mass is 9.93. The van der Waals surface area contributed by atoms with Crippen LogP contribution in [0.1, 0.15) is 24.4 Å². The molecule has 1 aromatic carbocycles. The first-order valence-electron chi connectivity index (χ1n) is 6.43. The zero-order valence-corrected chi connectivity index (χ0v) is 10.5. The Labute approximate surface area is 108 Å². The van der Waals surface area contributed by atoms with Gasteiger partial charge >= 0.3 is 0 Å². The predicted molar refractivity (Wildman–Crippen MR) is 69.3 cm³/mol. The zero-order valence-electron chi connectivity index (χ0n) is 10.5. The van der Waals surface area contributed by atoms with Crippen LogP contribution in [0.15, 0.2) is 30.3 Å². The summed E-state index contributed by atoms with van der Waals surface area (Å²) in [4.78, 5) is 0. The second kappa shape index (κ2) is 6.29. The van der Waals surface area contributed by atoms with Crippen LogP contribution in [0.5, 0.6) is 0 Å². The second-order valence-electron chi connectivity index (χ2n) is 4.86. The number of ether oxygens (including phenoxy) is 1. The predicted octanol–water partition coefficient (Wildman–Crippen LogP) is 0.851.